The van der Waals surface area contributed by atoms with Crippen molar-refractivity contribution >= 4 is 23.4 Å². The molecule has 0 aromatic rings. The standard InChI is InChI=1S/C10H20N2O4S/c1-4-14-8(15-5-2)7-11-9(17)12-10(13)16-6-3/h8H,4-7H2,1-3H3,(H2,11,12,13,17). The maximum absolute atomic E-state index is 11.0. The molecule has 1 amide bonds. The molecule has 0 aromatic carbocycles. The molecule has 0 unspecified atom stereocenters. The van der Waals surface area contributed by atoms with Crippen LogP contribution in [0.3, 0.4) is 0 Å². The SMILES string of the molecule is CCOC(=O)NC(=S)NCC(OCC)OCC. The number of hydrogen-bond donors (Lipinski definition) is 2. The third kappa shape index (κ3) is 8.84. The minimum Gasteiger partial charge on any atom is -0.450 e. The first-order valence-electron chi connectivity index (χ1n) is 5.58. The van der Waals surface area contributed by atoms with E-state index in [9.17, 15) is 4.79 Å². The Morgan fingerprint density at radius 3 is 2.24 bits per heavy atom. The molecule has 2 N–H and O–H groups in total. The third-order valence-corrected chi connectivity index (χ3v) is 1.87. The lowest BCUT2D eigenvalue weighted by molar-refractivity contribution is -0.131. The number of amides is 1. The molecule has 0 fully saturated rings. The van der Waals surface area contributed by atoms with Crippen molar-refractivity contribution in [2.45, 2.75) is 27.1 Å². The third-order valence-electron chi connectivity index (χ3n) is 1.63. The van der Waals surface area contributed by atoms with Crippen molar-refractivity contribution in [3.8, 4) is 0 Å². The van der Waals surface area contributed by atoms with Crippen LogP contribution in [-0.4, -0.2) is 43.9 Å². The Labute approximate surface area is 107 Å². The molecule has 0 heterocycles. The van der Waals surface area contributed by atoms with Gasteiger partial charge in [0.1, 0.15) is 0 Å². The lowest BCUT2D eigenvalue weighted by Crippen LogP contribution is -2.43. The normalized spacial score (nSPS) is 10.1. The van der Waals surface area contributed by atoms with Gasteiger partial charge in [0.15, 0.2) is 11.4 Å². The highest BCUT2D eigenvalue weighted by molar-refractivity contribution is 7.80. The summed E-state index contributed by atoms with van der Waals surface area (Å²) in [5.41, 5.74) is 0. The Hall–Kier alpha value is -0.920. The van der Waals surface area contributed by atoms with Gasteiger partial charge in [0.25, 0.3) is 0 Å². The van der Waals surface area contributed by atoms with E-state index in [1.54, 1.807) is 6.92 Å². The second kappa shape index (κ2) is 10.2. The van der Waals surface area contributed by atoms with Crippen LogP contribution in [0.4, 0.5) is 4.79 Å². The summed E-state index contributed by atoms with van der Waals surface area (Å²) in [6.45, 7) is 7.23. The molecular formula is C10H20N2O4S. The maximum atomic E-state index is 11.0. The lowest BCUT2D eigenvalue weighted by Gasteiger charge is -2.18. The summed E-state index contributed by atoms with van der Waals surface area (Å²) < 4.78 is 15.3. The van der Waals surface area contributed by atoms with Crippen molar-refractivity contribution < 1.29 is 19.0 Å². The fourth-order valence-corrected chi connectivity index (χ4v) is 1.18. The maximum Gasteiger partial charge on any atom is 0.413 e. The fourth-order valence-electron chi connectivity index (χ4n) is 1.02. The van der Waals surface area contributed by atoms with Gasteiger partial charge in [-0.25, -0.2) is 4.79 Å². The van der Waals surface area contributed by atoms with E-state index in [-0.39, 0.29) is 11.4 Å². The summed E-state index contributed by atoms with van der Waals surface area (Å²) in [6.07, 6.45) is -0.957. The van der Waals surface area contributed by atoms with Crippen LogP contribution in [0.25, 0.3) is 0 Å². The molecule has 100 valence electrons. The van der Waals surface area contributed by atoms with E-state index in [0.717, 1.165) is 0 Å². The van der Waals surface area contributed by atoms with Crippen molar-refractivity contribution in [3.05, 3.63) is 0 Å². The zero-order valence-electron chi connectivity index (χ0n) is 10.4. The van der Waals surface area contributed by atoms with E-state index in [4.69, 9.17) is 21.7 Å². The second-order valence-electron chi connectivity index (χ2n) is 2.90. The second-order valence-corrected chi connectivity index (χ2v) is 3.30. The zero-order chi connectivity index (χ0) is 13.1. The highest BCUT2D eigenvalue weighted by atomic mass is 32.1. The van der Waals surface area contributed by atoms with Crippen LogP contribution in [-0.2, 0) is 14.2 Å². The number of ether oxygens (including phenoxy) is 3. The molecule has 0 aliphatic rings. The number of hydrogen-bond acceptors (Lipinski definition) is 5. The smallest absolute Gasteiger partial charge is 0.413 e. The Kier molecular flexibility index (Phi) is 9.69. The summed E-state index contributed by atoms with van der Waals surface area (Å²) >= 11 is 4.90. The molecule has 0 radical (unpaired) electrons. The van der Waals surface area contributed by atoms with E-state index >= 15 is 0 Å². The van der Waals surface area contributed by atoms with Crippen LogP contribution < -0.4 is 10.6 Å². The molecule has 17 heavy (non-hydrogen) atoms. The summed E-state index contributed by atoms with van der Waals surface area (Å²) in [5.74, 6) is 0. The van der Waals surface area contributed by atoms with E-state index in [2.05, 4.69) is 15.4 Å². The van der Waals surface area contributed by atoms with Crippen LogP contribution in [0, 0.1) is 0 Å². The van der Waals surface area contributed by atoms with E-state index < -0.39 is 6.09 Å². The topological polar surface area (TPSA) is 68.8 Å². The quantitative estimate of drug-likeness (QED) is 0.528. The average Bonchev–Trinajstić information content (AvgIpc) is 2.27. The predicted molar refractivity (Wildman–Crippen MR) is 67.8 cm³/mol. The molecule has 0 aromatic heterocycles. The molecule has 0 rings (SSSR count). The first-order chi connectivity index (χ1) is 8.13. The van der Waals surface area contributed by atoms with Crippen molar-refractivity contribution in [1.82, 2.24) is 10.6 Å². The van der Waals surface area contributed by atoms with Gasteiger partial charge in [-0.3, -0.25) is 5.32 Å². The summed E-state index contributed by atoms with van der Waals surface area (Å²) in [6, 6.07) is 0. The van der Waals surface area contributed by atoms with E-state index in [1.807, 2.05) is 13.8 Å². The number of rotatable bonds is 7. The van der Waals surface area contributed by atoms with Gasteiger partial charge in [-0.05, 0) is 33.0 Å². The Bertz CT molecular complexity index is 232. The number of thiocarbonyl (C=S) groups is 1. The molecule has 0 aliphatic carbocycles. The number of carbonyl (C=O) groups excluding carboxylic acids is 1. The van der Waals surface area contributed by atoms with Gasteiger partial charge in [-0.2, -0.15) is 0 Å². The van der Waals surface area contributed by atoms with Gasteiger partial charge in [0.05, 0.1) is 13.2 Å². The molecule has 7 heteroatoms. The van der Waals surface area contributed by atoms with Crippen molar-refractivity contribution in [1.29, 1.82) is 0 Å². The fraction of sp³-hybridized carbons (Fsp3) is 0.800. The Morgan fingerprint density at radius 1 is 1.18 bits per heavy atom. The Morgan fingerprint density at radius 2 is 1.76 bits per heavy atom. The summed E-state index contributed by atoms with van der Waals surface area (Å²) in [7, 11) is 0. The van der Waals surface area contributed by atoms with E-state index in [1.165, 1.54) is 0 Å². The molecule has 0 saturated heterocycles. The lowest BCUT2D eigenvalue weighted by atomic mass is 10.6. The summed E-state index contributed by atoms with van der Waals surface area (Å²) in [4.78, 5) is 11.0. The van der Waals surface area contributed by atoms with Gasteiger partial charge in [-0.1, -0.05) is 0 Å². The van der Waals surface area contributed by atoms with Crippen LogP contribution in [0.5, 0.6) is 0 Å². The zero-order valence-corrected chi connectivity index (χ0v) is 11.3. The molecule has 0 saturated carbocycles. The van der Waals surface area contributed by atoms with Crippen LogP contribution >= 0.6 is 12.2 Å². The van der Waals surface area contributed by atoms with Gasteiger partial charge in [0.2, 0.25) is 0 Å². The van der Waals surface area contributed by atoms with Crippen LogP contribution in [0.1, 0.15) is 20.8 Å². The monoisotopic (exact) mass is 264 g/mol. The highest BCUT2D eigenvalue weighted by Gasteiger charge is 2.09. The summed E-state index contributed by atoms with van der Waals surface area (Å²) in [5, 5.41) is 5.37. The van der Waals surface area contributed by atoms with Crippen LogP contribution in [0.15, 0.2) is 0 Å². The molecule has 0 bridgehead atoms. The minimum atomic E-state index is -0.575. The predicted octanol–water partition coefficient (Wildman–Crippen LogP) is 1.01. The van der Waals surface area contributed by atoms with Gasteiger partial charge in [0, 0.05) is 13.2 Å². The molecular weight excluding hydrogens is 244 g/mol. The number of nitrogens with one attached hydrogen (secondary N) is 2. The molecule has 0 spiro atoms. The van der Waals surface area contributed by atoms with Gasteiger partial charge >= 0.3 is 6.09 Å². The molecule has 0 aliphatic heterocycles. The first-order valence-corrected chi connectivity index (χ1v) is 5.99. The van der Waals surface area contributed by atoms with Crippen LogP contribution in [0.2, 0.25) is 0 Å². The Balaban J connectivity index is 3.82. The van der Waals surface area contributed by atoms with Crippen molar-refractivity contribution in [2.24, 2.45) is 0 Å². The first kappa shape index (κ1) is 16.1. The average molecular weight is 264 g/mol. The largest absolute Gasteiger partial charge is 0.450 e. The molecule has 6 nitrogen and oxygen atoms in total. The van der Waals surface area contributed by atoms with Gasteiger partial charge in [-0.15, -0.1) is 0 Å². The molecule has 0 atom stereocenters. The highest BCUT2D eigenvalue weighted by Crippen LogP contribution is 1.93. The minimum absolute atomic E-state index is 0.188. The van der Waals surface area contributed by atoms with Crippen molar-refractivity contribution in [2.75, 3.05) is 26.4 Å². The number of alkyl carbamates (subject to hydrolysis) is 1. The van der Waals surface area contributed by atoms with Crippen molar-refractivity contribution in [3.63, 3.8) is 0 Å². The number of carbonyl (C=O) groups is 1. The van der Waals surface area contributed by atoms with Gasteiger partial charge < -0.3 is 19.5 Å². The van der Waals surface area contributed by atoms with E-state index in [0.29, 0.717) is 26.4 Å².